The number of halogens is 1. The minimum Gasteiger partial charge on any atom is -0.339 e. The Morgan fingerprint density at radius 2 is 2.00 bits per heavy atom. The summed E-state index contributed by atoms with van der Waals surface area (Å²) in [5.41, 5.74) is 0. The average Bonchev–Trinajstić information content (AvgIpc) is 2.53. The molecule has 1 saturated heterocycles. The van der Waals surface area contributed by atoms with Gasteiger partial charge in [0.05, 0.1) is 5.75 Å². The van der Waals surface area contributed by atoms with Gasteiger partial charge >= 0.3 is 0 Å². The van der Waals surface area contributed by atoms with Gasteiger partial charge in [0.25, 0.3) is 0 Å². The molecule has 0 atom stereocenters. The molecule has 2 aromatic rings. The van der Waals surface area contributed by atoms with E-state index in [9.17, 15) is 4.79 Å². The van der Waals surface area contributed by atoms with Gasteiger partial charge < -0.3 is 10.2 Å². The molecular formula is C15H18ClN3OS. The van der Waals surface area contributed by atoms with Crippen molar-refractivity contribution in [1.82, 2.24) is 15.2 Å². The molecule has 112 valence electrons. The van der Waals surface area contributed by atoms with E-state index in [1.807, 2.05) is 23.1 Å². The van der Waals surface area contributed by atoms with Gasteiger partial charge in [-0.2, -0.15) is 0 Å². The predicted octanol–water partition coefficient (Wildman–Crippen LogP) is 2.18. The highest BCUT2D eigenvalue weighted by Crippen LogP contribution is 2.25. The average molecular weight is 324 g/mol. The number of pyridine rings is 1. The first-order valence-electron chi connectivity index (χ1n) is 6.79. The van der Waals surface area contributed by atoms with E-state index < -0.39 is 0 Å². The third-order valence-electron chi connectivity index (χ3n) is 3.44. The van der Waals surface area contributed by atoms with Crippen LogP contribution in [0.5, 0.6) is 0 Å². The largest absolute Gasteiger partial charge is 0.339 e. The van der Waals surface area contributed by atoms with E-state index in [0.29, 0.717) is 5.75 Å². The zero-order valence-corrected chi connectivity index (χ0v) is 13.3. The second kappa shape index (κ2) is 7.64. The molecule has 0 spiro atoms. The number of fused-ring (bicyclic) bond motifs is 1. The molecule has 1 aliphatic heterocycles. The van der Waals surface area contributed by atoms with Crippen molar-refractivity contribution in [3.05, 3.63) is 36.5 Å². The van der Waals surface area contributed by atoms with Gasteiger partial charge in [-0.3, -0.25) is 4.79 Å². The van der Waals surface area contributed by atoms with Crippen LogP contribution in [0.3, 0.4) is 0 Å². The van der Waals surface area contributed by atoms with Crippen molar-refractivity contribution in [2.75, 3.05) is 31.9 Å². The molecule has 21 heavy (non-hydrogen) atoms. The molecule has 6 heteroatoms. The molecule has 1 aromatic carbocycles. The highest BCUT2D eigenvalue weighted by molar-refractivity contribution is 8.00. The highest BCUT2D eigenvalue weighted by atomic mass is 35.5. The predicted molar refractivity (Wildman–Crippen MR) is 89.2 cm³/mol. The lowest BCUT2D eigenvalue weighted by Gasteiger charge is -2.27. The standard InChI is InChI=1S/C15H17N3OS.ClH/c19-14(18-9-7-16-8-10-18)11-20-15-13-4-2-1-3-12(13)5-6-17-15;/h1-6,16H,7-11H2;1H. The summed E-state index contributed by atoms with van der Waals surface area (Å²) >= 11 is 1.53. The van der Waals surface area contributed by atoms with E-state index in [0.717, 1.165) is 36.6 Å². The molecule has 0 saturated carbocycles. The Labute approximate surface area is 134 Å². The monoisotopic (exact) mass is 323 g/mol. The number of piperazine rings is 1. The maximum Gasteiger partial charge on any atom is 0.233 e. The summed E-state index contributed by atoms with van der Waals surface area (Å²) in [4.78, 5) is 18.5. The Balaban J connectivity index is 0.00000161. The molecular weight excluding hydrogens is 306 g/mol. The molecule has 1 fully saturated rings. The minimum atomic E-state index is 0. The number of carbonyl (C=O) groups is 1. The maximum absolute atomic E-state index is 12.2. The van der Waals surface area contributed by atoms with E-state index >= 15 is 0 Å². The Bertz CT molecular complexity index is 611. The zero-order chi connectivity index (χ0) is 13.8. The van der Waals surface area contributed by atoms with Crippen molar-refractivity contribution in [3.8, 4) is 0 Å². The van der Waals surface area contributed by atoms with Gasteiger partial charge in [-0.25, -0.2) is 4.98 Å². The smallest absolute Gasteiger partial charge is 0.233 e. The van der Waals surface area contributed by atoms with Crippen molar-refractivity contribution in [2.45, 2.75) is 5.03 Å². The van der Waals surface area contributed by atoms with E-state index in [1.165, 1.54) is 17.1 Å². The summed E-state index contributed by atoms with van der Waals surface area (Å²) in [6.07, 6.45) is 1.81. The minimum absolute atomic E-state index is 0. The fourth-order valence-electron chi connectivity index (χ4n) is 2.34. The van der Waals surface area contributed by atoms with Crippen molar-refractivity contribution >= 4 is 40.8 Å². The number of carbonyl (C=O) groups excluding carboxylic acids is 1. The van der Waals surface area contributed by atoms with E-state index in [2.05, 4.69) is 22.4 Å². The number of hydrogen-bond donors (Lipinski definition) is 1. The van der Waals surface area contributed by atoms with Crippen LogP contribution in [-0.2, 0) is 4.79 Å². The molecule has 2 heterocycles. The van der Waals surface area contributed by atoms with Gasteiger partial charge in [-0.1, -0.05) is 36.0 Å². The molecule has 0 unspecified atom stereocenters. The molecule has 1 aromatic heterocycles. The summed E-state index contributed by atoms with van der Waals surface area (Å²) in [7, 11) is 0. The van der Waals surface area contributed by atoms with Crippen LogP contribution in [0, 0.1) is 0 Å². The lowest BCUT2D eigenvalue weighted by Crippen LogP contribution is -2.47. The van der Waals surface area contributed by atoms with Crippen LogP contribution in [0.25, 0.3) is 10.8 Å². The Hall–Kier alpha value is -1.30. The third kappa shape index (κ3) is 3.87. The van der Waals surface area contributed by atoms with E-state index in [-0.39, 0.29) is 18.3 Å². The van der Waals surface area contributed by atoms with Crippen LogP contribution in [0.1, 0.15) is 0 Å². The van der Waals surface area contributed by atoms with Crippen LogP contribution in [0.2, 0.25) is 0 Å². The Morgan fingerprint density at radius 3 is 2.81 bits per heavy atom. The number of benzene rings is 1. The number of hydrogen-bond acceptors (Lipinski definition) is 4. The zero-order valence-electron chi connectivity index (χ0n) is 11.6. The number of rotatable bonds is 3. The normalized spacial score (nSPS) is 14.8. The Kier molecular flexibility index (Phi) is 5.85. The Morgan fingerprint density at radius 1 is 1.24 bits per heavy atom. The first kappa shape index (κ1) is 16.1. The summed E-state index contributed by atoms with van der Waals surface area (Å²) in [5.74, 6) is 0.660. The van der Waals surface area contributed by atoms with Crippen molar-refractivity contribution in [3.63, 3.8) is 0 Å². The van der Waals surface area contributed by atoms with Crippen molar-refractivity contribution in [1.29, 1.82) is 0 Å². The number of thioether (sulfide) groups is 1. The van der Waals surface area contributed by atoms with Crippen LogP contribution < -0.4 is 5.32 Å². The summed E-state index contributed by atoms with van der Waals surface area (Å²) in [5, 5.41) is 6.48. The summed E-state index contributed by atoms with van der Waals surface area (Å²) in [6.45, 7) is 3.40. The van der Waals surface area contributed by atoms with Crippen LogP contribution in [0.4, 0.5) is 0 Å². The number of amides is 1. The second-order valence-electron chi connectivity index (χ2n) is 4.76. The summed E-state index contributed by atoms with van der Waals surface area (Å²) in [6, 6.07) is 10.1. The van der Waals surface area contributed by atoms with Crippen molar-refractivity contribution in [2.24, 2.45) is 0 Å². The van der Waals surface area contributed by atoms with Gasteiger partial charge in [0.15, 0.2) is 0 Å². The number of aromatic nitrogens is 1. The number of nitrogens with zero attached hydrogens (tertiary/aromatic N) is 2. The first-order chi connectivity index (χ1) is 9.84. The molecule has 0 aliphatic carbocycles. The first-order valence-corrected chi connectivity index (χ1v) is 7.78. The van der Waals surface area contributed by atoms with Crippen LogP contribution in [-0.4, -0.2) is 47.7 Å². The highest BCUT2D eigenvalue weighted by Gasteiger charge is 2.16. The molecule has 3 rings (SSSR count). The molecule has 1 N–H and O–H groups in total. The molecule has 1 amide bonds. The van der Waals surface area contributed by atoms with Crippen molar-refractivity contribution < 1.29 is 4.79 Å². The molecule has 1 aliphatic rings. The second-order valence-corrected chi connectivity index (χ2v) is 5.72. The van der Waals surface area contributed by atoms with Crippen LogP contribution in [0.15, 0.2) is 41.6 Å². The molecule has 4 nitrogen and oxygen atoms in total. The molecule has 0 bridgehead atoms. The van der Waals surface area contributed by atoms with Gasteiger partial charge in [0, 0.05) is 37.8 Å². The fourth-order valence-corrected chi connectivity index (χ4v) is 3.26. The SMILES string of the molecule is Cl.O=C(CSc1nccc2ccccc12)N1CCNCC1. The lowest BCUT2D eigenvalue weighted by molar-refractivity contribution is -0.128. The molecule has 0 radical (unpaired) electrons. The topological polar surface area (TPSA) is 45.2 Å². The van der Waals surface area contributed by atoms with E-state index in [4.69, 9.17) is 0 Å². The quantitative estimate of drug-likeness (QED) is 0.879. The fraction of sp³-hybridized carbons (Fsp3) is 0.333. The van der Waals surface area contributed by atoms with Gasteiger partial charge in [0.1, 0.15) is 5.03 Å². The van der Waals surface area contributed by atoms with E-state index in [1.54, 1.807) is 6.20 Å². The maximum atomic E-state index is 12.2. The summed E-state index contributed by atoms with van der Waals surface area (Å²) < 4.78 is 0. The lowest BCUT2D eigenvalue weighted by atomic mass is 10.2. The number of nitrogens with one attached hydrogen (secondary N) is 1. The third-order valence-corrected chi connectivity index (χ3v) is 4.43. The van der Waals surface area contributed by atoms with Gasteiger partial charge in [-0.05, 0) is 11.5 Å². The van der Waals surface area contributed by atoms with Crippen LogP contribution >= 0.6 is 24.2 Å². The van der Waals surface area contributed by atoms with Gasteiger partial charge in [0.2, 0.25) is 5.91 Å². The van der Waals surface area contributed by atoms with Gasteiger partial charge in [-0.15, -0.1) is 12.4 Å².